The molecular weight excluding hydrogens is 706 g/mol. The van der Waals surface area contributed by atoms with E-state index in [9.17, 15) is 9.59 Å². The number of allylic oxidation sites excluding steroid dienone is 3. The van der Waals surface area contributed by atoms with Crippen LogP contribution in [-0.2, 0) is 47.4 Å². The molecule has 1 saturated heterocycles. The summed E-state index contributed by atoms with van der Waals surface area (Å²) in [6, 6.07) is 0. The lowest BCUT2D eigenvalue weighted by molar-refractivity contribution is -0.224. The quantitative estimate of drug-likeness (QED) is 0.0373. The van der Waals surface area contributed by atoms with Crippen LogP contribution < -0.4 is 5.32 Å². The average Bonchev–Trinajstić information content (AvgIpc) is 3.88. The van der Waals surface area contributed by atoms with Gasteiger partial charge >= 0.3 is 12.1 Å². The Kier molecular flexibility index (Phi) is 22.3. The summed E-state index contributed by atoms with van der Waals surface area (Å²) in [5.74, 6) is -0.124. The second kappa shape index (κ2) is 25.1. The number of epoxide rings is 1. The van der Waals surface area contributed by atoms with Crippen LogP contribution in [0.2, 0.25) is 0 Å². The first-order valence-electron chi connectivity index (χ1n) is 20.8. The molecule has 2 heterocycles. The normalized spacial score (nSPS) is 30.6. The first-order valence-corrected chi connectivity index (χ1v) is 20.8. The molecule has 1 fully saturated rings. The van der Waals surface area contributed by atoms with Gasteiger partial charge in [0.1, 0.15) is 11.7 Å². The summed E-state index contributed by atoms with van der Waals surface area (Å²) in [6.07, 6.45) is 9.12. The van der Waals surface area contributed by atoms with E-state index in [1.54, 1.807) is 0 Å². The predicted octanol–water partition coefficient (Wildman–Crippen LogP) is 8.42. The Morgan fingerprint density at radius 1 is 0.982 bits per heavy atom. The second-order valence-electron chi connectivity index (χ2n) is 15.1. The van der Waals surface area contributed by atoms with E-state index in [-0.39, 0.29) is 54.7 Å². The number of cyclic esters (lactones) is 1. The highest BCUT2D eigenvalue weighted by Gasteiger charge is 2.46. The number of amides is 1. The Bertz CT molecular complexity index is 1210. The number of hydrogen-bond donors (Lipinski definition) is 1. The van der Waals surface area contributed by atoms with E-state index in [0.29, 0.717) is 39.2 Å². The molecule has 55 heavy (non-hydrogen) atoms. The summed E-state index contributed by atoms with van der Waals surface area (Å²) in [4.78, 5) is 26.5. The number of alkyl carbamates (subject to hydrolysis) is 1. The smallest absolute Gasteiger partial charge is 0.407 e. The first-order chi connectivity index (χ1) is 26.1. The van der Waals surface area contributed by atoms with E-state index in [0.717, 1.165) is 18.4 Å². The van der Waals surface area contributed by atoms with Crippen LogP contribution in [-0.4, -0.2) is 99.5 Å². The van der Waals surface area contributed by atoms with Gasteiger partial charge in [-0.15, -0.1) is 0 Å². The zero-order valence-electron chi connectivity index (χ0n) is 36.2. The van der Waals surface area contributed by atoms with Gasteiger partial charge < -0.3 is 47.9 Å². The maximum Gasteiger partial charge on any atom is 0.407 e. The number of carbonyl (C=O) groups is 2. The summed E-state index contributed by atoms with van der Waals surface area (Å²) >= 11 is 0. The highest BCUT2D eigenvalue weighted by molar-refractivity contribution is 5.70. The van der Waals surface area contributed by atoms with Gasteiger partial charge in [-0.05, 0) is 106 Å². The fourth-order valence-electron chi connectivity index (χ4n) is 7.23. The highest BCUT2D eigenvalue weighted by Crippen LogP contribution is 2.38. The van der Waals surface area contributed by atoms with Gasteiger partial charge in [0, 0.05) is 38.2 Å². The van der Waals surface area contributed by atoms with Crippen molar-refractivity contribution < 1.29 is 52.2 Å². The van der Waals surface area contributed by atoms with Crippen LogP contribution in [0.15, 0.2) is 36.0 Å². The topological polar surface area (TPSA) is 133 Å². The summed E-state index contributed by atoms with van der Waals surface area (Å²) in [5, 5.41) is 2.74. The molecular formula is C43H75NO11. The van der Waals surface area contributed by atoms with E-state index < -0.39 is 42.6 Å². The van der Waals surface area contributed by atoms with Crippen LogP contribution in [0.25, 0.3) is 0 Å². The van der Waals surface area contributed by atoms with Gasteiger partial charge in [0.2, 0.25) is 0 Å². The minimum Gasteiger partial charge on any atom is -0.457 e. The van der Waals surface area contributed by atoms with Crippen molar-refractivity contribution in [3.63, 3.8) is 0 Å². The fourth-order valence-corrected chi connectivity index (χ4v) is 7.23. The molecule has 13 unspecified atom stereocenters. The molecule has 13 atom stereocenters. The maximum absolute atomic E-state index is 13.6. The maximum atomic E-state index is 13.6. The highest BCUT2D eigenvalue weighted by atomic mass is 16.7. The van der Waals surface area contributed by atoms with Crippen molar-refractivity contribution >= 4 is 12.1 Å². The number of carbonyl (C=O) groups excluding carboxylic acids is 2. The Morgan fingerprint density at radius 3 is 2.27 bits per heavy atom. The molecule has 2 rings (SSSR count). The van der Waals surface area contributed by atoms with Gasteiger partial charge in [-0.1, -0.05) is 52.0 Å². The van der Waals surface area contributed by atoms with Gasteiger partial charge in [-0.3, -0.25) is 4.79 Å². The molecule has 0 spiro atoms. The molecule has 0 saturated carbocycles. The van der Waals surface area contributed by atoms with E-state index in [4.69, 9.17) is 42.6 Å². The number of hydrogen-bond acceptors (Lipinski definition) is 11. The third-order valence-electron chi connectivity index (χ3n) is 10.2. The van der Waals surface area contributed by atoms with Gasteiger partial charge in [0.15, 0.2) is 25.0 Å². The van der Waals surface area contributed by atoms with Crippen LogP contribution in [0.5, 0.6) is 0 Å². The SMILES string of the molecule is CCNC(=O)OC1/C=C/C(C)C(/C(C)=C/C=C/C(C)CC2OC2C(C)C(CC)OC(C)OCC)OC(=O)CC(OC(C)OCC)CCC1(C)OC(C)OCC. The van der Waals surface area contributed by atoms with E-state index in [1.807, 2.05) is 93.5 Å². The minimum absolute atomic E-state index is 0.0128. The average molecular weight is 782 g/mol. The monoisotopic (exact) mass is 782 g/mol. The van der Waals surface area contributed by atoms with Gasteiger partial charge in [0.05, 0.1) is 30.8 Å². The molecule has 2 aliphatic rings. The summed E-state index contributed by atoms with van der Waals surface area (Å²) in [5.41, 5.74) is -0.153. The van der Waals surface area contributed by atoms with Crippen molar-refractivity contribution in [3.8, 4) is 0 Å². The summed E-state index contributed by atoms with van der Waals surface area (Å²) in [6.45, 7) is 27.5. The standard InChI is InChI=1S/C43H75NO11/c1-14-36(51-33(11)48-17-4)31(9)41-37(52-41)26-28(6)20-19-21-29(7)40-30(8)22-23-38(53-42(46)44-15-2)43(13,55-34(12)49-18-5)25-24-35(27-39(45)54-40)50-32(10)47-16-3/h19-23,28,30-38,40-41H,14-18,24-27H2,1-13H3,(H,44,46)/b20-19+,23-22+,29-21+. The number of esters is 1. The van der Waals surface area contributed by atoms with Gasteiger partial charge in [0.25, 0.3) is 0 Å². The molecule has 0 aromatic heterocycles. The van der Waals surface area contributed by atoms with Crippen molar-refractivity contribution in [1.29, 1.82) is 0 Å². The zero-order valence-corrected chi connectivity index (χ0v) is 36.2. The molecule has 0 radical (unpaired) electrons. The molecule has 0 bridgehead atoms. The first kappa shape index (κ1) is 48.8. The van der Waals surface area contributed by atoms with Crippen molar-refractivity contribution in [1.82, 2.24) is 5.32 Å². The third kappa shape index (κ3) is 17.4. The van der Waals surface area contributed by atoms with E-state index in [1.165, 1.54) is 0 Å². The van der Waals surface area contributed by atoms with Crippen LogP contribution >= 0.6 is 0 Å². The Hall–Kier alpha value is -2.32. The third-order valence-corrected chi connectivity index (χ3v) is 10.2. The van der Waals surface area contributed by atoms with Crippen LogP contribution in [0, 0.1) is 17.8 Å². The second-order valence-corrected chi connectivity index (χ2v) is 15.1. The largest absolute Gasteiger partial charge is 0.457 e. The van der Waals surface area contributed by atoms with Crippen LogP contribution in [0.1, 0.15) is 122 Å². The van der Waals surface area contributed by atoms with Gasteiger partial charge in [-0.2, -0.15) is 0 Å². The number of nitrogens with one attached hydrogen (secondary N) is 1. The van der Waals surface area contributed by atoms with Gasteiger partial charge in [-0.25, -0.2) is 4.79 Å². The summed E-state index contributed by atoms with van der Waals surface area (Å²) in [7, 11) is 0. The van der Waals surface area contributed by atoms with Crippen molar-refractivity contribution in [2.24, 2.45) is 17.8 Å². The lowest BCUT2D eigenvalue weighted by atomic mass is 9.88. The van der Waals surface area contributed by atoms with Crippen LogP contribution in [0.4, 0.5) is 4.79 Å². The molecule has 12 nitrogen and oxygen atoms in total. The molecule has 0 aliphatic carbocycles. The molecule has 0 aromatic carbocycles. The van der Waals surface area contributed by atoms with E-state index in [2.05, 4.69) is 32.2 Å². The predicted molar refractivity (Wildman–Crippen MR) is 213 cm³/mol. The van der Waals surface area contributed by atoms with Crippen molar-refractivity contribution in [3.05, 3.63) is 36.0 Å². The minimum atomic E-state index is -1.02. The number of ether oxygens (including phenoxy) is 9. The molecule has 1 N–H and O–H groups in total. The lowest BCUT2D eigenvalue weighted by Crippen LogP contribution is -2.48. The fraction of sp³-hybridized carbons (Fsp3) is 0.814. The molecule has 318 valence electrons. The lowest BCUT2D eigenvalue weighted by Gasteiger charge is -2.39. The molecule has 12 heteroatoms. The van der Waals surface area contributed by atoms with Crippen molar-refractivity contribution in [2.75, 3.05) is 26.4 Å². The van der Waals surface area contributed by atoms with Crippen LogP contribution in [0.3, 0.4) is 0 Å². The number of rotatable bonds is 22. The molecule has 0 aromatic rings. The molecule has 2 aliphatic heterocycles. The summed E-state index contributed by atoms with van der Waals surface area (Å²) < 4.78 is 54.2. The zero-order chi connectivity index (χ0) is 41.1. The Balaban J connectivity index is 2.33. The van der Waals surface area contributed by atoms with E-state index >= 15 is 0 Å². The molecule has 1 amide bonds. The van der Waals surface area contributed by atoms with Crippen molar-refractivity contribution in [2.45, 2.75) is 183 Å². The Morgan fingerprint density at radius 2 is 1.64 bits per heavy atom. The Labute approximate surface area is 332 Å².